The molecule has 1 aromatic carbocycles. The molecule has 1 aliphatic rings. The van der Waals surface area contributed by atoms with E-state index in [-0.39, 0.29) is 0 Å². The fraction of sp³-hybridized carbons (Fsp3) is 0.333. The number of hydrogen-bond donors (Lipinski definition) is 1. The second kappa shape index (κ2) is 3.07. The number of rotatable bonds is 0. The fourth-order valence-corrected chi connectivity index (χ4v) is 3.11. The molecule has 0 saturated heterocycles. The fourth-order valence-electron chi connectivity index (χ4n) is 1.81. The van der Waals surface area contributed by atoms with Crippen molar-refractivity contribution in [3.63, 3.8) is 0 Å². The van der Waals surface area contributed by atoms with E-state index in [1.165, 1.54) is 32.7 Å². The highest BCUT2D eigenvalue weighted by Crippen LogP contribution is 2.33. The number of hydrogen-bond acceptors (Lipinski definition) is 1. The van der Waals surface area contributed by atoms with Crippen LogP contribution in [-0.2, 0) is 0 Å². The molecule has 1 aromatic rings. The maximum atomic E-state index is 3.50. The lowest BCUT2D eigenvalue weighted by Crippen LogP contribution is -2.23. The molecular formula is C9H15NSi2. The van der Waals surface area contributed by atoms with Crippen LogP contribution in [0.3, 0.4) is 0 Å². The average Bonchev–Trinajstić information content (AvgIpc) is 2.12. The van der Waals surface area contributed by atoms with Crippen LogP contribution in [-0.4, -0.2) is 27.0 Å². The molecule has 0 fully saturated rings. The van der Waals surface area contributed by atoms with E-state index < -0.39 is 0 Å². The Morgan fingerprint density at radius 2 is 2.00 bits per heavy atom. The van der Waals surface area contributed by atoms with Gasteiger partial charge in [-0.1, -0.05) is 18.2 Å². The zero-order valence-corrected chi connectivity index (χ0v) is 11.7. The first-order valence-electron chi connectivity index (χ1n) is 4.62. The van der Waals surface area contributed by atoms with Gasteiger partial charge in [0.25, 0.3) is 0 Å². The molecule has 0 aliphatic carbocycles. The summed E-state index contributed by atoms with van der Waals surface area (Å²) in [7, 11) is 2.63. The Labute approximate surface area is 79.4 Å². The molecule has 0 bridgehead atoms. The maximum Gasteiger partial charge on any atom is 0.0372 e. The number of nitrogens with one attached hydrogen (secondary N) is 1. The molecule has 1 heterocycles. The highest BCUT2D eigenvalue weighted by molar-refractivity contribution is 6.22. The zero-order chi connectivity index (χ0) is 8.55. The second-order valence-electron chi connectivity index (χ2n) is 3.73. The largest absolute Gasteiger partial charge is 0.385 e. The highest BCUT2D eigenvalue weighted by atomic mass is 28.2. The highest BCUT2D eigenvalue weighted by Gasteiger charge is 2.21. The van der Waals surface area contributed by atoms with Crippen molar-refractivity contribution < 1.29 is 0 Å². The van der Waals surface area contributed by atoms with Gasteiger partial charge in [-0.15, -0.1) is 0 Å². The van der Waals surface area contributed by atoms with Gasteiger partial charge in [0.1, 0.15) is 0 Å². The van der Waals surface area contributed by atoms with Crippen LogP contribution in [0.2, 0.25) is 5.54 Å². The van der Waals surface area contributed by atoms with Crippen molar-refractivity contribution in [1.29, 1.82) is 0 Å². The Morgan fingerprint density at radius 1 is 1.25 bits per heavy atom. The summed E-state index contributed by atoms with van der Waals surface area (Å²) in [6, 6.07) is 8.76. The summed E-state index contributed by atoms with van der Waals surface area (Å²) in [5.41, 5.74) is 4.79. The van der Waals surface area contributed by atoms with Crippen LogP contribution in [0.1, 0.15) is 11.1 Å². The van der Waals surface area contributed by atoms with Crippen LogP contribution in [0, 0.1) is 0 Å². The van der Waals surface area contributed by atoms with Crippen molar-refractivity contribution in [3.05, 3.63) is 29.8 Å². The number of benzene rings is 1. The first kappa shape index (κ1) is 8.07. The second-order valence-corrected chi connectivity index (χ2v) is 6.46. The molecule has 64 valence electrons. The third kappa shape index (κ3) is 1.23. The van der Waals surface area contributed by atoms with E-state index >= 15 is 0 Å². The van der Waals surface area contributed by atoms with Gasteiger partial charge in [-0.2, -0.15) is 0 Å². The molecule has 1 nitrogen and oxygen atoms in total. The molecule has 2 unspecified atom stereocenters. The monoisotopic (exact) mass is 193 g/mol. The number of fused-ring (bicyclic) bond motifs is 1. The van der Waals surface area contributed by atoms with Crippen LogP contribution >= 0.6 is 0 Å². The quantitative estimate of drug-likeness (QED) is 0.557. The lowest BCUT2D eigenvalue weighted by molar-refractivity contribution is 0.797. The lowest BCUT2D eigenvalue weighted by atomic mass is 10.0. The molecular weight excluding hydrogens is 178 g/mol. The Kier molecular flexibility index (Phi) is 2.06. The minimum atomic E-state index is 0.897. The van der Waals surface area contributed by atoms with E-state index in [1.54, 1.807) is 5.56 Å². The van der Waals surface area contributed by atoms with Gasteiger partial charge in [0.15, 0.2) is 0 Å². The minimum absolute atomic E-state index is 0.897. The lowest BCUT2D eigenvalue weighted by Gasteiger charge is -2.29. The zero-order valence-electron chi connectivity index (χ0n) is 7.67. The minimum Gasteiger partial charge on any atom is -0.385 e. The Hall–Kier alpha value is -0.546. The maximum absolute atomic E-state index is 3.50. The predicted octanol–water partition coefficient (Wildman–Crippen LogP) is -0.328. The summed E-state index contributed by atoms with van der Waals surface area (Å²) in [4.78, 5) is 0. The van der Waals surface area contributed by atoms with E-state index in [0.29, 0.717) is 0 Å². The molecule has 1 N–H and O–H groups in total. The summed E-state index contributed by atoms with van der Waals surface area (Å²) in [6.45, 7) is 1.21. The Bertz CT molecular complexity index is 288. The predicted molar refractivity (Wildman–Crippen MR) is 61.3 cm³/mol. The van der Waals surface area contributed by atoms with E-state index in [0.717, 1.165) is 11.1 Å². The Morgan fingerprint density at radius 3 is 2.83 bits per heavy atom. The van der Waals surface area contributed by atoms with Crippen LogP contribution in [0.15, 0.2) is 24.3 Å². The van der Waals surface area contributed by atoms with Crippen LogP contribution in [0.25, 0.3) is 0 Å². The van der Waals surface area contributed by atoms with Gasteiger partial charge in [0, 0.05) is 32.7 Å². The van der Waals surface area contributed by atoms with Gasteiger partial charge in [-0.25, -0.2) is 0 Å². The van der Waals surface area contributed by atoms with Crippen molar-refractivity contribution in [1.82, 2.24) is 0 Å². The first-order chi connectivity index (χ1) is 5.79. The smallest absolute Gasteiger partial charge is 0.0372 e. The molecule has 2 atom stereocenters. The van der Waals surface area contributed by atoms with Crippen molar-refractivity contribution in [3.8, 4) is 0 Å². The van der Waals surface area contributed by atoms with Crippen LogP contribution < -0.4 is 5.32 Å². The molecule has 1 aliphatic heterocycles. The van der Waals surface area contributed by atoms with Gasteiger partial charge in [0.2, 0.25) is 0 Å². The molecule has 0 amide bonds. The number of anilines is 1. The van der Waals surface area contributed by atoms with Gasteiger partial charge in [-0.05, 0) is 22.7 Å². The van der Waals surface area contributed by atoms with Crippen LogP contribution in [0.4, 0.5) is 5.69 Å². The van der Waals surface area contributed by atoms with E-state index in [2.05, 4.69) is 29.6 Å². The van der Waals surface area contributed by atoms with Crippen molar-refractivity contribution >= 4 is 26.2 Å². The summed E-state index contributed by atoms with van der Waals surface area (Å²) < 4.78 is 0. The van der Waals surface area contributed by atoms with Gasteiger partial charge < -0.3 is 5.32 Å². The van der Waals surface area contributed by atoms with E-state index in [4.69, 9.17) is 0 Å². The van der Waals surface area contributed by atoms with Crippen LogP contribution in [0.5, 0.6) is 0 Å². The summed E-state index contributed by atoms with van der Waals surface area (Å²) >= 11 is 0. The Balaban J connectivity index is 2.42. The third-order valence-electron chi connectivity index (χ3n) is 2.92. The average molecular weight is 193 g/mol. The topological polar surface area (TPSA) is 12.0 Å². The molecule has 2 rings (SSSR count). The van der Waals surface area contributed by atoms with Gasteiger partial charge in [0.05, 0.1) is 0 Å². The summed E-state index contributed by atoms with van der Waals surface area (Å²) in [6.07, 6.45) is 0. The molecule has 12 heavy (non-hydrogen) atoms. The van der Waals surface area contributed by atoms with E-state index in [9.17, 15) is 0 Å². The van der Waals surface area contributed by atoms with Crippen molar-refractivity contribution in [2.75, 3.05) is 11.9 Å². The number of para-hydroxylation sites is 1. The molecule has 0 spiro atoms. The SMILES string of the molecule is [SiH3]C1CNc2ccccc2C1[SiH3]. The molecule has 3 heteroatoms. The third-order valence-corrected chi connectivity index (χ3v) is 7.42. The van der Waals surface area contributed by atoms with Crippen molar-refractivity contribution in [2.45, 2.75) is 11.1 Å². The first-order valence-corrected chi connectivity index (χ1v) is 6.93. The van der Waals surface area contributed by atoms with Gasteiger partial charge >= 0.3 is 0 Å². The van der Waals surface area contributed by atoms with Crippen molar-refractivity contribution in [2.24, 2.45) is 0 Å². The molecule has 0 aromatic heterocycles. The summed E-state index contributed by atoms with van der Waals surface area (Å²) in [5, 5.41) is 3.50. The normalized spacial score (nSPS) is 28.0. The molecule has 0 radical (unpaired) electrons. The standard InChI is InChI=1S/C9H15NSi2/c11-8-5-10-7-4-2-1-3-6(7)9(8)12/h1-4,8-10H,5H2,11-12H3. The summed E-state index contributed by atoms with van der Waals surface area (Å²) in [5.74, 6) is 0. The van der Waals surface area contributed by atoms with Gasteiger partial charge in [-0.3, -0.25) is 0 Å². The molecule has 0 saturated carbocycles. The van der Waals surface area contributed by atoms with E-state index in [1.807, 2.05) is 0 Å².